The summed E-state index contributed by atoms with van der Waals surface area (Å²) in [5, 5.41) is 8.72. The molecule has 0 aromatic carbocycles. The molecule has 68 valence electrons. The van der Waals surface area contributed by atoms with Crippen molar-refractivity contribution < 1.29 is 0 Å². The fourth-order valence-corrected chi connectivity index (χ4v) is 2.56. The number of nitriles is 1. The van der Waals surface area contributed by atoms with Crippen LogP contribution in [0.25, 0.3) is 0 Å². The van der Waals surface area contributed by atoms with E-state index in [9.17, 15) is 0 Å². The summed E-state index contributed by atoms with van der Waals surface area (Å²) >= 11 is 0. The highest BCUT2D eigenvalue weighted by Gasteiger charge is 2.40. The summed E-state index contributed by atoms with van der Waals surface area (Å²) in [7, 11) is 0. The lowest BCUT2D eigenvalue weighted by molar-refractivity contribution is 0.506. The van der Waals surface area contributed by atoms with Crippen molar-refractivity contribution in [2.24, 2.45) is 17.8 Å². The van der Waals surface area contributed by atoms with Gasteiger partial charge in [0.15, 0.2) is 0 Å². The Morgan fingerprint density at radius 2 is 1.62 bits per heavy atom. The van der Waals surface area contributed by atoms with E-state index in [1.807, 2.05) is 5.57 Å². The van der Waals surface area contributed by atoms with Gasteiger partial charge < -0.3 is 0 Å². The highest BCUT2D eigenvalue weighted by atomic mass is 14.5. The van der Waals surface area contributed by atoms with Gasteiger partial charge in [0.25, 0.3) is 0 Å². The van der Waals surface area contributed by atoms with Crippen molar-refractivity contribution in [1.29, 1.82) is 5.26 Å². The first-order valence-corrected chi connectivity index (χ1v) is 5.50. The van der Waals surface area contributed by atoms with Crippen LogP contribution in [0.3, 0.4) is 0 Å². The Bertz CT molecular complexity index is 278. The molecule has 0 heterocycles. The smallest absolute Gasteiger partial charge is 0.0662 e. The summed E-state index contributed by atoms with van der Waals surface area (Å²) in [6, 6.07) is 2.37. The van der Waals surface area contributed by atoms with E-state index in [-0.39, 0.29) is 0 Å². The standard InChI is InChI=1S/C12H15N/c13-7-8-5-11(6-8)12(9-1-2-9)10-3-4-10/h8-10H,1-6H2. The summed E-state index contributed by atoms with van der Waals surface area (Å²) in [5.41, 5.74) is 3.49. The Hall–Kier alpha value is -0.770. The molecule has 13 heavy (non-hydrogen) atoms. The number of nitrogens with zero attached hydrogens (tertiary/aromatic N) is 1. The first-order valence-electron chi connectivity index (χ1n) is 5.50. The van der Waals surface area contributed by atoms with Gasteiger partial charge in [-0.3, -0.25) is 0 Å². The van der Waals surface area contributed by atoms with Crippen LogP contribution in [0.1, 0.15) is 38.5 Å². The number of rotatable bonds is 2. The van der Waals surface area contributed by atoms with E-state index < -0.39 is 0 Å². The SMILES string of the molecule is N#CC1CC(=C(C2CC2)C2CC2)C1. The van der Waals surface area contributed by atoms with Gasteiger partial charge in [0, 0.05) is 0 Å². The minimum absolute atomic E-state index is 0.363. The molecule has 3 aliphatic carbocycles. The lowest BCUT2D eigenvalue weighted by atomic mass is 9.76. The quantitative estimate of drug-likeness (QED) is 0.589. The van der Waals surface area contributed by atoms with E-state index in [4.69, 9.17) is 5.26 Å². The maximum absolute atomic E-state index is 8.72. The van der Waals surface area contributed by atoms with Crippen molar-refractivity contribution >= 4 is 0 Å². The second kappa shape index (κ2) is 2.61. The average molecular weight is 173 g/mol. The van der Waals surface area contributed by atoms with Crippen molar-refractivity contribution in [1.82, 2.24) is 0 Å². The summed E-state index contributed by atoms with van der Waals surface area (Å²) in [6.07, 6.45) is 7.97. The van der Waals surface area contributed by atoms with Crippen LogP contribution in [0, 0.1) is 29.1 Å². The Kier molecular flexibility index (Phi) is 1.53. The lowest BCUT2D eigenvalue weighted by Crippen LogP contribution is -2.16. The Labute approximate surface area is 79.4 Å². The minimum atomic E-state index is 0.363. The zero-order chi connectivity index (χ0) is 8.84. The van der Waals surface area contributed by atoms with E-state index in [1.54, 1.807) is 5.57 Å². The van der Waals surface area contributed by atoms with Crippen molar-refractivity contribution in [3.05, 3.63) is 11.1 Å². The highest BCUT2D eigenvalue weighted by molar-refractivity contribution is 5.32. The topological polar surface area (TPSA) is 23.8 Å². The van der Waals surface area contributed by atoms with Crippen LogP contribution in [-0.4, -0.2) is 0 Å². The molecular weight excluding hydrogens is 158 g/mol. The molecule has 0 spiro atoms. The van der Waals surface area contributed by atoms with Gasteiger partial charge in [0.05, 0.1) is 12.0 Å². The number of hydrogen-bond donors (Lipinski definition) is 0. The molecule has 3 rings (SSSR count). The van der Waals surface area contributed by atoms with Gasteiger partial charge in [-0.15, -0.1) is 0 Å². The first kappa shape index (κ1) is 7.62. The fourth-order valence-electron chi connectivity index (χ4n) is 2.56. The molecule has 0 bridgehead atoms. The van der Waals surface area contributed by atoms with Gasteiger partial charge in [0.2, 0.25) is 0 Å². The van der Waals surface area contributed by atoms with Gasteiger partial charge in [-0.2, -0.15) is 5.26 Å². The zero-order valence-electron chi connectivity index (χ0n) is 7.92. The molecular formula is C12H15N. The Balaban J connectivity index is 1.76. The Morgan fingerprint density at radius 1 is 1.08 bits per heavy atom. The molecule has 3 fully saturated rings. The average Bonchev–Trinajstić information content (AvgIpc) is 2.87. The molecule has 1 nitrogen and oxygen atoms in total. The van der Waals surface area contributed by atoms with Crippen LogP contribution < -0.4 is 0 Å². The summed E-state index contributed by atoms with van der Waals surface area (Å²) in [6.45, 7) is 0. The van der Waals surface area contributed by atoms with Gasteiger partial charge in [-0.1, -0.05) is 11.1 Å². The summed E-state index contributed by atoms with van der Waals surface area (Å²) in [4.78, 5) is 0. The monoisotopic (exact) mass is 173 g/mol. The summed E-state index contributed by atoms with van der Waals surface area (Å²) in [5.74, 6) is 2.28. The van der Waals surface area contributed by atoms with E-state index in [0.717, 1.165) is 24.7 Å². The fraction of sp³-hybridized carbons (Fsp3) is 0.750. The van der Waals surface area contributed by atoms with Crippen LogP contribution >= 0.6 is 0 Å². The maximum atomic E-state index is 8.72. The molecule has 0 atom stereocenters. The molecule has 0 saturated heterocycles. The highest BCUT2D eigenvalue weighted by Crippen LogP contribution is 2.53. The number of allylic oxidation sites excluding steroid dienone is 2. The van der Waals surface area contributed by atoms with Crippen LogP contribution in [0.2, 0.25) is 0 Å². The van der Waals surface area contributed by atoms with Crippen LogP contribution in [0.15, 0.2) is 11.1 Å². The third-order valence-electron chi connectivity index (χ3n) is 3.61. The predicted octanol–water partition coefficient (Wildman–Crippen LogP) is 3.04. The van der Waals surface area contributed by atoms with Gasteiger partial charge in [0.1, 0.15) is 0 Å². The van der Waals surface area contributed by atoms with Gasteiger partial charge in [-0.05, 0) is 50.4 Å². The van der Waals surface area contributed by atoms with Crippen molar-refractivity contribution in [3.8, 4) is 6.07 Å². The van der Waals surface area contributed by atoms with Crippen LogP contribution in [-0.2, 0) is 0 Å². The van der Waals surface area contributed by atoms with E-state index in [2.05, 4.69) is 6.07 Å². The molecule has 0 aliphatic heterocycles. The van der Waals surface area contributed by atoms with Crippen molar-refractivity contribution in [2.75, 3.05) is 0 Å². The molecule has 0 amide bonds. The molecule has 3 saturated carbocycles. The van der Waals surface area contributed by atoms with Crippen LogP contribution in [0.5, 0.6) is 0 Å². The second-order valence-corrected chi connectivity index (χ2v) is 4.84. The van der Waals surface area contributed by atoms with Crippen molar-refractivity contribution in [3.63, 3.8) is 0 Å². The predicted molar refractivity (Wildman–Crippen MR) is 50.8 cm³/mol. The third kappa shape index (κ3) is 1.29. The van der Waals surface area contributed by atoms with Gasteiger partial charge >= 0.3 is 0 Å². The van der Waals surface area contributed by atoms with E-state index >= 15 is 0 Å². The molecule has 0 aromatic rings. The minimum Gasteiger partial charge on any atom is -0.198 e. The molecule has 0 unspecified atom stereocenters. The molecule has 1 heteroatoms. The van der Waals surface area contributed by atoms with E-state index in [1.165, 1.54) is 25.7 Å². The third-order valence-corrected chi connectivity index (χ3v) is 3.61. The summed E-state index contributed by atoms with van der Waals surface area (Å²) < 4.78 is 0. The van der Waals surface area contributed by atoms with Crippen LogP contribution in [0.4, 0.5) is 0 Å². The van der Waals surface area contributed by atoms with Gasteiger partial charge in [-0.25, -0.2) is 0 Å². The normalized spacial score (nSPS) is 32.2. The molecule has 0 aromatic heterocycles. The second-order valence-electron chi connectivity index (χ2n) is 4.84. The van der Waals surface area contributed by atoms with E-state index in [0.29, 0.717) is 5.92 Å². The zero-order valence-corrected chi connectivity index (χ0v) is 7.92. The van der Waals surface area contributed by atoms with Crippen molar-refractivity contribution in [2.45, 2.75) is 38.5 Å². The number of hydrogen-bond acceptors (Lipinski definition) is 1. The lowest BCUT2D eigenvalue weighted by Gasteiger charge is -2.27. The largest absolute Gasteiger partial charge is 0.198 e. The molecule has 0 N–H and O–H groups in total. The first-order chi connectivity index (χ1) is 6.38. The maximum Gasteiger partial charge on any atom is 0.0662 e. The molecule has 0 radical (unpaired) electrons. The molecule has 3 aliphatic rings. The Morgan fingerprint density at radius 3 is 2.00 bits per heavy atom.